The second-order valence-electron chi connectivity index (χ2n) is 5.04. The lowest BCUT2D eigenvalue weighted by Crippen LogP contribution is -2.36. The third kappa shape index (κ3) is 6.37. The number of halogens is 1. The number of aromatic nitrogens is 1. The molecule has 0 bridgehead atoms. The number of hydrogen-bond donors (Lipinski definition) is 2. The number of esters is 1. The van der Waals surface area contributed by atoms with Crippen LogP contribution in [0.25, 0.3) is 0 Å². The molecule has 0 radical (unpaired) electrons. The molecule has 0 saturated carbocycles. The SMILES string of the molecule is CCNC(=NCc1ccccn1)NCc1cc(C(=O)OC)c(C)o1.I. The lowest BCUT2D eigenvalue weighted by Gasteiger charge is -2.09. The zero-order chi connectivity index (χ0) is 17.4. The van der Waals surface area contributed by atoms with Gasteiger partial charge in [0.15, 0.2) is 5.96 Å². The van der Waals surface area contributed by atoms with Gasteiger partial charge in [0.1, 0.15) is 17.1 Å². The summed E-state index contributed by atoms with van der Waals surface area (Å²) in [6, 6.07) is 7.40. The predicted octanol–water partition coefficient (Wildman–Crippen LogP) is 2.64. The van der Waals surface area contributed by atoms with Crippen LogP contribution in [0.1, 0.15) is 34.5 Å². The van der Waals surface area contributed by atoms with Crippen LogP contribution >= 0.6 is 24.0 Å². The Morgan fingerprint density at radius 3 is 2.80 bits per heavy atom. The summed E-state index contributed by atoms with van der Waals surface area (Å²) in [7, 11) is 1.35. The Bertz CT molecular complexity index is 701. The summed E-state index contributed by atoms with van der Waals surface area (Å²) < 4.78 is 10.3. The molecule has 0 aliphatic rings. The summed E-state index contributed by atoms with van der Waals surface area (Å²) in [6.45, 7) is 5.34. The first-order valence-electron chi connectivity index (χ1n) is 7.73. The minimum absolute atomic E-state index is 0. The molecule has 0 unspecified atom stereocenters. The van der Waals surface area contributed by atoms with Crippen LogP contribution in [0, 0.1) is 6.92 Å². The molecule has 7 nitrogen and oxygen atoms in total. The number of nitrogens with zero attached hydrogens (tertiary/aromatic N) is 2. The van der Waals surface area contributed by atoms with Gasteiger partial charge in [-0.2, -0.15) is 0 Å². The van der Waals surface area contributed by atoms with E-state index >= 15 is 0 Å². The molecule has 0 spiro atoms. The Morgan fingerprint density at radius 1 is 1.36 bits per heavy atom. The van der Waals surface area contributed by atoms with Crippen molar-refractivity contribution in [3.8, 4) is 0 Å². The van der Waals surface area contributed by atoms with Gasteiger partial charge in [0, 0.05) is 12.7 Å². The molecular formula is C17H23IN4O3. The van der Waals surface area contributed by atoms with Crippen LogP contribution in [-0.2, 0) is 17.8 Å². The molecule has 0 saturated heterocycles. The largest absolute Gasteiger partial charge is 0.465 e. The van der Waals surface area contributed by atoms with E-state index in [1.807, 2.05) is 25.1 Å². The topological polar surface area (TPSA) is 88.8 Å². The fourth-order valence-corrected chi connectivity index (χ4v) is 2.11. The molecule has 2 rings (SSSR count). The number of nitrogens with one attached hydrogen (secondary N) is 2. The highest BCUT2D eigenvalue weighted by Crippen LogP contribution is 2.15. The van der Waals surface area contributed by atoms with E-state index in [1.165, 1.54) is 7.11 Å². The lowest BCUT2D eigenvalue weighted by molar-refractivity contribution is 0.0599. The molecule has 25 heavy (non-hydrogen) atoms. The number of ether oxygens (including phenoxy) is 1. The number of furan rings is 1. The van der Waals surface area contributed by atoms with Crippen LogP contribution in [-0.4, -0.2) is 30.6 Å². The number of methoxy groups -OCH3 is 1. The van der Waals surface area contributed by atoms with Crippen molar-refractivity contribution in [3.05, 3.63) is 53.2 Å². The van der Waals surface area contributed by atoms with Crippen molar-refractivity contribution in [3.63, 3.8) is 0 Å². The maximum Gasteiger partial charge on any atom is 0.341 e. The average molecular weight is 458 g/mol. The summed E-state index contributed by atoms with van der Waals surface area (Å²) in [5.41, 5.74) is 1.32. The van der Waals surface area contributed by atoms with Crippen LogP contribution < -0.4 is 10.6 Å². The predicted molar refractivity (Wildman–Crippen MR) is 106 cm³/mol. The van der Waals surface area contributed by atoms with Gasteiger partial charge >= 0.3 is 5.97 Å². The fourth-order valence-electron chi connectivity index (χ4n) is 2.11. The van der Waals surface area contributed by atoms with E-state index in [0.29, 0.717) is 36.1 Å². The Hall–Kier alpha value is -2.10. The summed E-state index contributed by atoms with van der Waals surface area (Å²) in [6.07, 6.45) is 1.74. The molecule has 0 fully saturated rings. The van der Waals surface area contributed by atoms with Gasteiger partial charge in [-0.3, -0.25) is 4.98 Å². The van der Waals surface area contributed by atoms with E-state index in [2.05, 4.69) is 20.6 Å². The third-order valence-electron chi connectivity index (χ3n) is 3.27. The summed E-state index contributed by atoms with van der Waals surface area (Å²) in [4.78, 5) is 20.3. The number of aliphatic imine (C=N–C) groups is 1. The quantitative estimate of drug-likeness (QED) is 0.300. The van der Waals surface area contributed by atoms with Gasteiger partial charge in [-0.15, -0.1) is 24.0 Å². The number of carbonyl (C=O) groups is 1. The highest BCUT2D eigenvalue weighted by atomic mass is 127. The van der Waals surface area contributed by atoms with Crippen molar-refractivity contribution in [1.29, 1.82) is 0 Å². The number of guanidine groups is 1. The Balaban J connectivity index is 0.00000312. The first-order valence-corrected chi connectivity index (χ1v) is 7.73. The van der Waals surface area contributed by atoms with Gasteiger partial charge in [0.2, 0.25) is 0 Å². The number of carbonyl (C=O) groups excluding carboxylic acids is 1. The van der Waals surface area contributed by atoms with Gasteiger partial charge in [0.25, 0.3) is 0 Å². The lowest BCUT2D eigenvalue weighted by atomic mass is 10.2. The minimum Gasteiger partial charge on any atom is -0.465 e. The molecule has 136 valence electrons. The molecule has 0 aromatic carbocycles. The second-order valence-corrected chi connectivity index (χ2v) is 5.04. The summed E-state index contributed by atoms with van der Waals surface area (Å²) in [5.74, 6) is 1.42. The van der Waals surface area contributed by atoms with Crippen LogP contribution in [0.15, 0.2) is 39.9 Å². The number of rotatable bonds is 6. The molecular weight excluding hydrogens is 435 g/mol. The number of aryl methyl sites for hydroxylation is 1. The number of hydrogen-bond acceptors (Lipinski definition) is 5. The van der Waals surface area contributed by atoms with Gasteiger partial charge in [-0.25, -0.2) is 9.79 Å². The molecule has 2 heterocycles. The van der Waals surface area contributed by atoms with Crippen molar-refractivity contribution in [2.24, 2.45) is 4.99 Å². The first kappa shape index (κ1) is 20.9. The van der Waals surface area contributed by atoms with Crippen molar-refractivity contribution in [2.75, 3.05) is 13.7 Å². The molecule has 2 aromatic rings. The van der Waals surface area contributed by atoms with Crippen LogP contribution in [0.5, 0.6) is 0 Å². The Labute approximate surface area is 164 Å². The van der Waals surface area contributed by atoms with Gasteiger partial charge in [-0.05, 0) is 32.0 Å². The van der Waals surface area contributed by atoms with Crippen LogP contribution in [0.3, 0.4) is 0 Å². The average Bonchev–Trinajstić information content (AvgIpc) is 2.98. The fraction of sp³-hybridized carbons (Fsp3) is 0.353. The third-order valence-corrected chi connectivity index (χ3v) is 3.27. The van der Waals surface area contributed by atoms with Crippen molar-refractivity contribution < 1.29 is 13.9 Å². The summed E-state index contributed by atoms with van der Waals surface area (Å²) >= 11 is 0. The van der Waals surface area contributed by atoms with Crippen molar-refractivity contribution in [2.45, 2.75) is 26.9 Å². The Kier molecular flexibility index (Phi) is 8.96. The minimum atomic E-state index is -0.404. The normalized spacial score (nSPS) is 10.8. The molecule has 8 heteroatoms. The highest BCUT2D eigenvalue weighted by Gasteiger charge is 2.15. The van der Waals surface area contributed by atoms with Crippen LogP contribution in [0.4, 0.5) is 0 Å². The van der Waals surface area contributed by atoms with E-state index in [1.54, 1.807) is 19.2 Å². The standard InChI is InChI=1S/C17H22N4O3.HI/c1-4-18-17(20-10-13-7-5-6-8-19-13)21-11-14-9-15(12(2)24-14)16(22)23-3;/h5-9H,4,10-11H2,1-3H3,(H2,18,20,21);1H. The second kappa shape index (κ2) is 10.7. The highest BCUT2D eigenvalue weighted by molar-refractivity contribution is 14.0. The monoisotopic (exact) mass is 458 g/mol. The van der Waals surface area contributed by atoms with E-state index in [0.717, 1.165) is 12.2 Å². The molecule has 2 N–H and O–H groups in total. The first-order chi connectivity index (χ1) is 11.6. The molecule has 2 aromatic heterocycles. The maximum absolute atomic E-state index is 11.6. The van der Waals surface area contributed by atoms with E-state index in [-0.39, 0.29) is 24.0 Å². The van der Waals surface area contributed by atoms with Crippen molar-refractivity contribution in [1.82, 2.24) is 15.6 Å². The van der Waals surface area contributed by atoms with Crippen LogP contribution in [0.2, 0.25) is 0 Å². The van der Waals surface area contributed by atoms with E-state index in [9.17, 15) is 4.79 Å². The van der Waals surface area contributed by atoms with Gasteiger partial charge in [-0.1, -0.05) is 6.07 Å². The number of pyridine rings is 1. The zero-order valence-electron chi connectivity index (χ0n) is 14.5. The van der Waals surface area contributed by atoms with Crippen molar-refractivity contribution >= 4 is 35.9 Å². The maximum atomic E-state index is 11.6. The van der Waals surface area contributed by atoms with E-state index < -0.39 is 5.97 Å². The Morgan fingerprint density at radius 2 is 2.16 bits per heavy atom. The van der Waals surface area contributed by atoms with E-state index in [4.69, 9.17) is 9.15 Å². The molecule has 0 aliphatic carbocycles. The van der Waals surface area contributed by atoms with Gasteiger partial charge < -0.3 is 19.8 Å². The molecule has 0 aliphatic heterocycles. The molecule has 0 amide bonds. The smallest absolute Gasteiger partial charge is 0.341 e. The molecule has 0 atom stereocenters. The summed E-state index contributed by atoms with van der Waals surface area (Å²) in [5, 5.41) is 6.33. The van der Waals surface area contributed by atoms with Gasteiger partial charge in [0.05, 0.1) is 25.9 Å². The zero-order valence-corrected chi connectivity index (χ0v) is 16.9.